The molecule has 1 fully saturated rings. The van der Waals surface area contributed by atoms with E-state index in [-0.39, 0.29) is 12.1 Å². The van der Waals surface area contributed by atoms with Gasteiger partial charge in [0.25, 0.3) is 5.91 Å². The lowest BCUT2D eigenvalue weighted by molar-refractivity contribution is -0.191. The van der Waals surface area contributed by atoms with E-state index in [4.69, 9.17) is 14.6 Å². The number of nitrogens with zero attached hydrogens (tertiary/aromatic N) is 5. The Balaban J connectivity index is 0.000000724. The van der Waals surface area contributed by atoms with Crippen molar-refractivity contribution < 1.29 is 14.4 Å². The minimum absolute atomic E-state index is 0.0175. The molecule has 8 heteroatoms. The van der Waals surface area contributed by atoms with Gasteiger partial charge < -0.3 is 4.57 Å². The molecule has 162 valence electrons. The Labute approximate surface area is 189 Å². The fraction of sp³-hybridized carbons (Fsp3) is 0.160. The summed E-state index contributed by atoms with van der Waals surface area (Å²) in [7, 11) is 0. The molecule has 0 radical (unpaired) electrons. The molecule has 0 bridgehead atoms. The van der Waals surface area contributed by atoms with Crippen molar-refractivity contribution >= 4 is 17.9 Å². The lowest BCUT2D eigenvalue weighted by Crippen LogP contribution is -2.24. The zero-order chi connectivity index (χ0) is 22.8. The van der Waals surface area contributed by atoms with E-state index in [0.717, 1.165) is 46.6 Å². The van der Waals surface area contributed by atoms with Crippen LogP contribution in [0.4, 0.5) is 5.82 Å². The third-order valence-corrected chi connectivity index (χ3v) is 5.77. The zero-order valence-corrected chi connectivity index (χ0v) is 17.6. The molecule has 6 rings (SSSR count). The van der Waals surface area contributed by atoms with Crippen LogP contribution >= 0.6 is 0 Å². The molecule has 0 saturated heterocycles. The fourth-order valence-corrected chi connectivity index (χ4v) is 4.04. The summed E-state index contributed by atoms with van der Waals surface area (Å²) in [5.74, 6) is 1.38. The van der Waals surface area contributed by atoms with Crippen LogP contribution in [0.3, 0.4) is 0 Å². The number of hydrogen-bond donors (Lipinski definition) is 0. The van der Waals surface area contributed by atoms with Gasteiger partial charge in [-0.25, -0.2) is 4.98 Å². The molecule has 8 nitrogen and oxygen atoms in total. The summed E-state index contributed by atoms with van der Waals surface area (Å²) in [4.78, 5) is 36.0. The molecule has 0 atom stereocenters. The van der Waals surface area contributed by atoms with Gasteiger partial charge in [-0.2, -0.15) is 9.59 Å². The van der Waals surface area contributed by atoms with E-state index >= 15 is 0 Å². The Morgan fingerprint density at radius 2 is 1.70 bits per heavy atom. The summed E-state index contributed by atoms with van der Waals surface area (Å²) in [6.45, 7) is 0.523. The molecule has 4 aromatic rings. The summed E-state index contributed by atoms with van der Waals surface area (Å²) in [6.07, 6.45) is 4.31. The van der Waals surface area contributed by atoms with E-state index in [0.29, 0.717) is 18.4 Å². The predicted molar refractivity (Wildman–Crippen MR) is 119 cm³/mol. The topological polar surface area (TPSA) is 98.1 Å². The highest BCUT2D eigenvalue weighted by atomic mass is 16.2. The molecule has 3 heterocycles. The molecule has 33 heavy (non-hydrogen) atoms. The van der Waals surface area contributed by atoms with Crippen LogP contribution in [0.1, 0.15) is 34.8 Å². The number of carbonyl (C=O) groups excluding carboxylic acids is 3. The first-order chi connectivity index (χ1) is 16.2. The molecule has 0 spiro atoms. The van der Waals surface area contributed by atoms with Crippen LogP contribution in [0.15, 0.2) is 73.1 Å². The Morgan fingerprint density at radius 3 is 2.45 bits per heavy atom. The van der Waals surface area contributed by atoms with Crippen LogP contribution < -0.4 is 4.90 Å². The molecule has 2 aliphatic rings. The standard InChI is InChI=1S/C24H19N5O.CO2/c30-24-20-13-17(16-5-2-1-3-6-16)9-10-18(20)14-28(24)22-8-4-7-21(26-22)23-27-25-15-29(23)19-11-12-19;2-1-3/h1-10,13,15,19H,11-12,14H2;. The zero-order valence-electron chi connectivity index (χ0n) is 17.6. The lowest BCUT2D eigenvalue weighted by Gasteiger charge is -2.15. The summed E-state index contributed by atoms with van der Waals surface area (Å²) in [5.41, 5.74) is 4.65. The number of aromatic nitrogens is 4. The number of hydrogen-bond acceptors (Lipinski definition) is 6. The molecule has 1 amide bonds. The average Bonchev–Trinajstić information content (AvgIpc) is 3.49. The maximum absolute atomic E-state index is 13.2. The van der Waals surface area contributed by atoms with Gasteiger partial charge in [0.05, 0.1) is 6.54 Å². The average molecular weight is 437 g/mol. The van der Waals surface area contributed by atoms with Crippen molar-refractivity contribution in [3.8, 4) is 22.6 Å². The Bertz CT molecular complexity index is 1360. The molecule has 2 aromatic heterocycles. The number of anilines is 1. The van der Waals surface area contributed by atoms with E-state index in [2.05, 4.69) is 33.0 Å². The molecule has 1 aliphatic heterocycles. The summed E-state index contributed by atoms with van der Waals surface area (Å²) in [6, 6.07) is 22.4. The number of rotatable bonds is 4. The number of carbonyl (C=O) groups is 1. The number of pyridine rings is 1. The highest BCUT2D eigenvalue weighted by Crippen LogP contribution is 2.37. The van der Waals surface area contributed by atoms with Gasteiger partial charge in [-0.3, -0.25) is 9.69 Å². The number of benzene rings is 2. The van der Waals surface area contributed by atoms with Gasteiger partial charge in [0, 0.05) is 11.6 Å². The summed E-state index contributed by atoms with van der Waals surface area (Å²) < 4.78 is 2.08. The predicted octanol–water partition coefficient (Wildman–Crippen LogP) is 3.92. The van der Waals surface area contributed by atoms with E-state index in [1.807, 2.05) is 48.5 Å². The van der Waals surface area contributed by atoms with Crippen LogP contribution in [-0.2, 0) is 16.1 Å². The summed E-state index contributed by atoms with van der Waals surface area (Å²) >= 11 is 0. The van der Waals surface area contributed by atoms with Gasteiger partial charge >= 0.3 is 6.15 Å². The van der Waals surface area contributed by atoms with Crippen molar-refractivity contribution in [2.75, 3.05) is 4.90 Å². The highest BCUT2D eigenvalue weighted by molar-refractivity contribution is 6.10. The normalized spacial score (nSPS) is 14.3. The number of fused-ring (bicyclic) bond motifs is 1. The van der Waals surface area contributed by atoms with Gasteiger partial charge in [-0.1, -0.05) is 48.5 Å². The van der Waals surface area contributed by atoms with E-state index in [1.54, 1.807) is 11.2 Å². The van der Waals surface area contributed by atoms with Crippen LogP contribution in [0.25, 0.3) is 22.6 Å². The van der Waals surface area contributed by atoms with Crippen LogP contribution in [0, 0.1) is 0 Å². The van der Waals surface area contributed by atoms with Gasteiger partial charge in [-0.05, 0) is 47.7 Å². The Morgan fingerprint density at radius 1 is 0.909 bits per heavy atom. The Kier molecular flexibility index (Phi) is 5.34. The molecule has 0 unspecified atom stereocenters. The second-order valence-electron chi connectivity index (χ2n) is 7.89. The fourth-order valence-electron chi connectivity index (χ4n) is 4.04. The maximum Gasteiger partial charge on any atom is 0.373 e. The van der Waals surface area contributed by atoms with Gasteiger partial charge in [-0.15, -0.1) is 10.2 Å². The van der Waals surface area contributed by atoms with Crippen molar-refractivity contribution in [3.05, 3.63) is 84.2 Å². The van der Waals surface area contributed by atoms with Gasteiger partial charge in [0.15, 0.2) is 5.82 Å². The minimum Gasteiger partial charge on any atom is -0.309 e. The molecular formula is C25H19N5O3. The molecule has 0 N–H and O–H groups in total. The highest BCUT2D eigenvalue weighted by Gasteiger charge is 2.31. The Hall–Kier alpha value is -4.42. The van der Waals surface area contributed by atoms with Crippen molar-refractivity contribution in [3.63, 3.8) is 0 Å². The van der Waals surface area contributed by atoms with Crippen LogP contribution in [-0.4, -0.2) is 31.8 Å². The molecule has 2 aromatic carbocycles. The van der Waals surface area contributed by atoms with Gasteiger partial charge in [0.2, 0.25) is 0 Å². The van der Waals surface area contributed by atoms with E-state index in [1.165, 1.54) is 0 Å². The lowest BCUT2D eigenvalue weighted by atomic mass is 10.0. The molecule has 1 aliphatic carbocycles. The van der Waals surface area contributed by atoms with Crippen LogP contribution in [0.2, 0.25) is 0 Å². The van der Waals surface area contributed by atoms with E-state index < -0.39 is 0 Å². The SMILES string of the molecule is O=C1c2cc(-c3ccccc3)ccc2CN1c1cccc(-c2nncn2C2CC2)n1.O=C=O. The monoisotopic (exact) mass is 437 g/mol. The quantitative estimate of drug-likeness (QED) is 0.480. The second kappa shape index (κ2) is 8.61. The maximum atomic E-state index is 13.2. The first-order valence-corrected chi connectivity index (χ1v) is 10.6. The van der Waals surface area contributed by atoms with Crippen molar-refractivity contribution in [2.24, 2.45) is 0 Å². The van der Waals surface area contributed by atoms with Crippen molar-refractivity contribution in [2.45, 2.75) is 25.4 Å². The van der Waals surface area contributed by atoms with Crippen molar-refractivity contribution in [1.82, 2.24) is 19.7 Å². The summed E-state index contributed by atoms with van der Waals surface area (Å²) in [5, 5.41) is 8.33. The van der Waals surface area contributed by atoms with E-state index in [9.17, 15) is 4.79 Å². The smallest absolute Gasteiger partial charge is 0.309 e. The van der Waals surface area contributed by atoms with Gasteiger partial charge in [0.1, 0.15) is 17.8 Å². The van der Waals surface area contributed by atoms with Crippen molar-refractivity contribution in [1.29, 1.82) is 0 Å². The molecular weight excluding hydrogens is 418 g/mol. The third-order valence-electron chi connectivity index (χ3n) is 5.77. The van der Waals surface area contributed by atoms with Crippen LogP contribution in [0.5, 0.6) is 0 Å². The second-order valence-corrected chi connectivity index (χ2v) is 7.89. The number of amides is 1. The molecule has 1 saturated carbocycles. The largest absolute Gasteiger partial charge is 0.373 e. The minimum atomic E-state index is -0.0175. The first-order valence-electron chi connectivity index (χ1n) is 10.6. The third kappa shape index (κ3) is 3.95. The first kappa shape index (κ1) is 20.5.